The van der Waals surface area contributed by atoms with E-state index < -0.39 is 0 Å². The van der Waals surface area contributed by atoms with Crippen molar-refractivity contribution >= 4 is 11.6 Å². The van der Waals surface area contributed by atoms with E-state index in [1.165, 1.54) is 50.5 Å². The van der Waals surface area contributed by atoms with Crippen molar-refractivity contribution in [1.82, 2.24) is 9.55 Å². The molecule has 120 valence electrons. The summed E-state index contributed by atoms with van der Waals surface area (Å²) in [7, 11) is 0. The van der Waals surface area contributed by atoms with Gasteiger partial charge in [0.2, 0.25) is 0 Å². The molecule has 0 radical (unpaired) electrons. The number of unbranched alkanes of at least 4 members (excludes halogenated alkanes) is 5. The number of imidazole rings is 1. The van der Waals surface area contributed by atoms with E-state index in [9.17, 15) is 0 Å². The molecule has 1 unspecified atom stereocenters. The van der Waals surface area contributed by atoms with E-state index in [0.717, 1.165) is 11.6 Å². The Kier molecular flexibility index (Phi) is 7.51. The third kappa shape index (κ3) is 5.49. The van der Waals surface area contributed by atoms with Crippen LogP contribution in [0.1, 0.15) is 63.4 Å². The van der Waals surface area contributed by atoms with Gasteiger partial charge in [0.25, 0.3) is 0 Å². The lowest BCUT2D eigenvalue weighted by atomic mass is 9.92. The van der Waals surface area contributed by atoms with Crippen LogP contribution in [0.4, 0.5) is 0 Å². The summed E-state index contributed by atoms with van der Waals surface area (Å²) in [6, 6.07) is 8.26. The molecule has 1 heterocycles. The maximum absolute atomic E-state index is 6.42. The van der Waals surface area contributed by atoms with Gasteiger partial charge in [-0.2, -0.15) is 0 Å². The van der Waals surface area contributed by atoms with Gasteiger partial charge < -0.3 is 4.57 Å². The minimum Gasteiger partial charge on any atom is -0.337 e. The number of hydrogen-bond donors (Lipinski definition) is 0. The summed E-state index contributed by atoms with van der Waals surface area (Å²) in [6.07, 6.45) is 15.0. The highest BCUT2D eigenvalue weighted by Crippen LogP contribution is 2.30. The van der Waals surface area contributed by atoms with Gasteiger partial charge in [0.05, 0.1) is 6.33 Å². The number of halogens is 1. The lowest BCUT2D eigenvalue weighted by molar-refractivity contribution is 0.486. The molecule has 1 aromatic heterocycles. The van der Waals surface area contributed by atoms with Crippen LogP contribution in [0.3, 0.4) is 0 Å². The maximum atomic E-state index is 6.42. The fraction of sp³-hybridized carbons (Fsp3) is 0.526. The van der Waals surface area contributed by atoms with Crippen molar-refractivity contribution in [2.45, 2.75) is 64.3 Å². The largest absolute Gasteiger partial charge is 0.337 e. The van der Waals surface area contributed by atoms with Crippen LogP contribution in [0.15, 0.2) is 43.0 Å². The summed E-state index contributed by atoms with van der Waals surface area (Å²) in [5.41, 5.74) is 1.27. The predicted molar refractivity (Wildman–Crippen MR) is 94.4 cm³/mol. The molecule has 0 aliphatic rings. The van der Waals surface area contributed by atoms with Crippen LogP contribution in [0.5, 0.6) is 0 Å². The lowest BCUT2D eigenvalue weighted by Crippen LogP contribution is -2.09. The summed E-state index contributed by atoms with van der Waals surface area (Å²) in [6.45, 7) is 3.22. The second-order valence-electron chi connectivity index (χ2n) is 6.03. The first-order valence-electron chi connectivity index (χ1n) is 8.51. The first-order chi connectivity index (χ1) is 10.8. The SMILES string of the molecule is CCCCCCCCC(Cn1ccnc1)c1ccccc1Cl. The molecule has 0 amide bonds. The van der Waals surface area contributed by atoms with Crippen molar-refractivity contribution in [2.75, 3.05) is 0 Å². The number of rotatable bonds is 10. The summed E-state index contributed by atoms with van der Waals surface area (Å²) in [5.74, 6) is 0.467. The average Bonchev–Trinajstić information content (AvgIpc) is 3.03. The zero-order chi connectivity index (χ0) is 15.6. The topological polar surface area (TPSA) is 17.8 Å². The summed E-state index contributed by atoms with van der Waals surface area (Å²) < 4.78 is 2.16. The van der Waals surface area contributed by atoms with Crippen molar-refractivity contribution in [2.24, 2.45) is 0 Å². The number of benzene rings is 1. The van der Waals surface area contributed by atoms with Crippen molar-refractivity contribution in [3.63, 3.8) is 0 Å². The second-order valence-corrected chi connectivity index (χ2v) is 6.44. The molecule has 0 aliphatic carbocycles. The zero-order valence-corrected chi connectivity index (χ0v) is 14.3. The third-order valence-corrected chi connectivity index (χ3v) is 4.59. The maximum Gasteiger partial charge on any atom is 0.0946 e. The molecule has 2 rings (SSSR count). The molecule has 3 heteroatoms. The van der Waals surface area contributed by atoms with E-state index in [1.807, 2.05) is 30.9 Å². The molecule has 0 bridgehead atoms. The monoisotopic (exact) mass is 318 g/mol. The fourth-order valence-electron chi connectivity index (χ4n) is 2.97. The standard InChI is InChI=1S/C19H27ClN2/c1-2-3-4-5-6-7-10-17(15-22-14-13-21-16-22)18-11-8-9-12-19(18)20/h8-9,11-14,16-17H,2-7,10,15H2,1H3. The van der Waals surface area contributed by atoms with Gasteiger partial charge in [-0.25, -0.2) is 4.98 Å². The van der Waals surface area contributed by atoms with Crippen molar-refractivity contribution in [3.05, 3.63) is 53.6 Å². The van der Waals surface area contributed by atoms with Crippen LogP contribution in [0.2, 0.25) is 5.02 Å². The van der Waals surface area contributed by atoms with E-state index in [2.05, 4.69) is 28.6 Å². The molecule has 0 fully saturated rings. The van der Waals surface area contributed by atoms with E-state index in [4.69, 9.17) is 11.6 Å². The Morgan fingerprint density at radius 3 is 2.59 bits per heavy atom. The Labute approximate surface area is 139 Å². The predicted octanol–water partition coefficient (Wildman–Crippen LogP) is 6.07. The minimum atomic E-state index is 0.467. The highest BCUT2D eigenvalue weighted by molar-refractivity contribution is 6.31. The first-order valence-corrected chi connectivity index (χ1v) is 8.89. The molecule has 2 aromatic rings. The van der Waals surface area contributed by atoms with Gasteiger partial charge in [-0.3, -0.25) is 0 Å². The lowest BCUT2D eigenvalue weighted by Gasteiger charge is -2.19. The van der Waals surface area contributed by atoms with E-state index in [1.54, 1.807) is 0 Å². The molecule has 0 aliphatic heterocycles. The van der Waals surface area contributed by atoms with Gasteiger partial charge in [-0.1, -0.05) is 75.2 Å². The molecule has 0 spiro atoms. The van der Waals surface area contributed by atoms with Gasteiger partial charge in [0.1, 0.15) is 0 Å². The summed E-state index contributed by atoms with van der Waals surface area (Å²) in [4.78, 5) is 4.15. The molecule has 0 saturated carbocycles. The van der Waals surface area contributed by atoms with Crippen LogP contribution in [0.25, 0.3) is 0 Å². The average molecular weight is 319 g/mol. The molecule has 0 N–H and O–H groups in total. The molecular formula is C19H27ClN2. The number of aromatic nitrogens is 2. The zero-order valence-electron chi connectivity index (χ0n) is 13.5. The smallest absolute Gasteiger partial charge is 0.0946 e. The van der Waals surface area contributed by atoms with Crippen LogP contribution < -0.4 is 0 Å². The molecule has 2 nitrogen and oxygen atoms in total. The van der Waals surface area contributed by atoms with Gasteiger partial charge in [-0.15, -0.1) is 0 Å². The Morgan fingerprint density at radius 2 is 1.86 bits per heavy atom. The first kappa shape index (κ1) is 17.1. The quantitative estimate of drug-likeness (QED) is 0.486. The number of hydrogen-bond acceptors (Lipinski definition) is 1. The van der Waals surface area contributed by atoms with Crippen LogP contribution in [-0.2, 0) is 6.54 Å². The molecular weight excluding hydrogens is 292 g/mol. The Bertz CT molecular complexity index is 522. The molecule has 1 aromatic carbocycles. The van der Waals surface area contributed by atoms with Crippen molar-refractivity contribution in [1.29, 1.82) is 0 Å². The van der Waals surface area contributed by atoms with E-state index in [-0.39, 0.29) is 0 Å². The van der Waals surface area contributed by atoms with E-state index in [0.29, 0.717) is 5.92 Å². The Morgan fingerprint density at radius 1 is 1.09 bits per heavy atom. The Hall–Kier alpha value is -1.28. The normalized spacial score (nSPS) is 12.5. The second kappa shape index (κ2) is 9.68. The minimum absolute atomic E-state index is 0.467. The van der Waals surface area contributed by atoms with E-state index >= 15 is 0 Å². The molecule has 1 atom stereocenters. The summed E-state index contributed by atoms with van der Waals surface area (Å²) in [5, 5.41) is 0.888. The van der Waals surface area contributed by atoms with Crippen LogP contribution in [-0.4, -0.2) is 9.55 Å². The molecule has 22 heavy (non-hydrogen) atoms. The fourth-order valence-corrected chi connectivity index (χ4v) is 3.26. The van der Waals surface area contributed by atoms with Crippen molar-refractivity contribution in [3.8, 4) is 0 Å². The molecule has 0 saturated heterocycles. The third-order valence-electron chi connectivity index (χ3n) is 4.24. The van der Waals surface area contributed by atoms with Crippen LogP contribution >= 0.6 is 11.6 Å². The van der Waals surface area contributed by atoms with Gasteiger partial charge in [0, 0.05) is 29.9 Å². The van der Waals surface area contributed by atoms with Gasteiger partial charge >= 0.3 is 0 Å². The van der Waals surface area contributed by atoms with Crippen LogP contribution in [0, 0.1) is 0 Å². The number of nitrogens with zero attached hydrogens (tertiary/aromatic N) is 2. The highest BCUT2D eigenvalue weighted by atomic mass is 35.5. The Balaban J connectivity index is 1.92. The summed E-state index contributed by atoms with van der Waals surface area (Å²) >= 11 is 6.42. The van der Waals surface area contributed by atoms with Gasteiger partial charge in [-0.05, 0) is 18.1 Å². The highest BCUT2D eigenvalue weighted by Gasteiger charge is 2.15. The van der Waals surface area contributed by atoms with Gasteiger partial charge in [0.15, 0.2) is 0 Å². The van der Waals surface area contributed by atoms with Crippen molar-refractivity contribution < 1.29 is 0 Å².